The molecule has 2 rings (SSSR count). The summed E-state index contributed by atoms with van der Waals surface area (Å²) in [5.74, 6) is 0.639. The lowest BCUT2D eigenvalue weighted by Gasteiger charge is -2.33. The maximum Gasteiger partial charge on any atom is 0.242 e. The van der Waals surface area contributed by atoms with Crippen LogP contribution in [0.3, 0.4) is 0 Å². The highest BCUT2D eigenvalue weighted by Crippen LogP contribution is 2.29. The number of carbonyl (C=O) groups is 1. The number of anilines is 2. The summed E-state index contributed by atoms with van der Waals surface area (Å²) in [5.41, 5.74) is 1.95. The molecule has 19 heavy (non-hydrogen) atoms. The Balaban J connectivity index is 2.14. The van der Waals surface area contributed by atoms with Gasteiger partial charge in [0.15, 0.2) is 0 Å². The summed E-state index contributed by atoms with van der Waals surface area (Å²) in [5, 5.41) is 2.39. The Labute approximate surface area is 119 Å². The molecule has 0 aromatic heterocycles. The lowest BCUT2D eigenvalue weighted by molar-refractivity contribution is -0.115. The van der Waals surface area contributed by atoms with Crippen molar-refractivity contribution in [2.75, 3.05) is 23.3 Å². The molecule has 1 atom stereocenters. The Morgan fingerprint density at radius 3 is 2.63 bits per heavy atom. The number of benzene rings is 1. The van der Waals surface area contributed by atoms with Crippen LogP contribution < -0.4 is 10.2 Å². The van der Waals surface area contributed by atoms with E-state index in [0.717, 1.165) is 30.4 Å². The highest BCUT2D eigenvalue weighted by Gasteiger charge is 2.19. The van der Waals surface area contributed by atoms with Crippen molar-refractivity contribution in [1.82, 2.24) is 0 Å². The third kappa shape index (κ3) is 3.63. The molecule has 4 heteroatoms. The largest absolute Gasteiger partial charge is 0.370 e. The topological polar surface area (TPSA) is 32.3 Å². The number of halogens is 1. The van der Waals surface area contributed by atoms with Crippen molar-refractivity contribution in [3.8, 4) is 0 Å². The molecule has 1 aromatic rings. The van der Waals surface area contributed by atoms with E-state index in [0.29, 0.717) is 0 Å². The molecular weight excluding hydrogens is 260 g/mol. The van der Waals surface area contributed by atoms with E-state index in [1.165, 1.54) is 12.8 Å². The molecular formula is C15H21ClN2O. The highest BCUT2D eigenvalue weighted by molar-refractivity contribution is 6.32. The zero-order valence-corrected chi connectivity index (χ0v) is 12.3. The minimum atomic E-state index is -0.519. The third-order valence-corrected chi connectivity index (χ3v) is 3.85. The smallest absolute Gasteiger partial charge is 0.242 e. The van der Waals surface area contributed by atoms with Gasteiger partial charge in [-0.15, -0.1) is 11.6 Å². The molecule has 1 amide bonds. The summed E-state index contributed by atoms with van der Waals surface area (Å²) in [7, 11) is 0. The second-order valence-electron chi connectivity index (χ2n) is 5.29. The van der Waals surface area contributed by atoms with E-state index in [-0.39, 0.29) is 5.91 Å². The molecule has 1 aromatic carbocycles. The Morgan fingerprint density at radius 1 is 1.37 bits per heavy atom. The molecule has 1 saturated heterocycles. The van der Waals surface area contributed by atoms with Gasteiger partial charge in [-0.1, -0.05) is 19.1 Å². The number of alkyl halides is 1. The fraction of sp³-hybridized carbons (Fsp3) is 0.533. The summed E-state index contributed by atoms with van der Waals surface area (Å²) < 4.78 is 0. The van der Waals surface area contributed by atoms with Gasteiger partial charge in [-0.3, -0.25) is 4.79 Å². The average molecular weight is 281 g/mol. The van der Waals surface area contributed by atoms with Gasteiger partial charge in [0.2, 0.25) is 5.91 Å². The molecule has 1 aliphatic rings. The van der Waals surface area contributed by atoms with Gasteiger partial charge >= 0.3 is 0 Å². The van der Waals surface area contributed by atoms with Gasteiger partial charge in [-0.05, 0) is 37.8 Å². The quantitative estimate of drug-likeness (QED) is 0.860. The molecule has 0 saturated carbocycles. The summed E-state index contributed by atoms with van der Waals surface area (Å²) >= 11 is 5.81. The van der Waals surface area contributed by atoms with Crippen molar-refractivity contribution in [1.29, 1.82) is 0 Å². The number of piperidine rings is 1. The van der Waals surface area contributed by atoms with Gasteiger partial charge in [0, 0.05) is 13.1 Å². The van der Waals surface area contributed by atoms with E-state index in [1.807, 2.05) is 18.2 Å². The van der Waals surface area contributed by atoms with Crippen LogP contribution in [-0.4, -0.2) is 24.4 Å². The minimum absolute atomic E-state index is 0.153. The van der Waals surface area contributed by atoms with Crippen molar-refractivity contribution >= 4 is 28.9 Å². The van der Waals surface area contributed by atoms with E-state index in [4.69, 9.17) is 11.6 Å². The number of para-hydroxylation sites is 2. The first-order valence-corrected chi connectivity index (χ1v) is 7.30. The molecule has 3 nitrogen and oxygen atoms in total. The van der Waals surface area contributed by atoms with Crippen molar-refractivity contribution < 1.29 is 4.79 Å². The number of hydrogen-bond acceptors (Lipinski definition) is 2. The Kier molecular flexibility index (Phi) is 4.70. The monoisotopic (exact) mass is 280 g/mol. The van der Waals surface area contributed by atoms with Crippen LogP contribution in [0.1, 0.15) is 26.7 Å². The molecule has 1 heterocycles. The van der Waals surface area contributed by atoms with Gasteiger partial charge in [-0.25, -0.2) is 0 Å². The molecule has 0 aliphatic carbocycles. The van der Waals surface area contributed by atoms with E-state index in [1.54, 1.807) is 6.92 Å². The number of hydrogen-bond donors (Lipinski definition) is 1. The minimum Gasteiger partial charge on any atom is -0.370 e. The molecule has 104 valence electrons. The van der Waals surface area contributed by atoms with Crippen LogP contribution in [0.4, 0.5) is 11.4 Å². The van der Waals surface area contributed by atoms with Gasteiger partial charge in [0.25, 0.3) is 0 Å². The van der Waals surface area contributed by atoms with Gasteiger partial charge in [-0.2, -0.15) is 0 Å². The number of carbonyl (C=O) groups excluding carboxylic acids is 1. The average Bonchev–Trinajstić information content (AvgIpc) is 2.40. The maximum absolute atomic E-state index is 11.7. The molecule has 0 unspecified atom stereocenters. The molecule has 0 spiro atoms. The predicted octanol–water partition coefficient (Wildman–Crippen LogP) is 3.49. The summed E-state index contributed by atoms with van der Waals surface area (Å²) in [6.45, 7) is 6.07. The van der Waals surface area contributed by atoms with E-state index in [9.17, 15) is 4.79 Å². The van der Waals surface area contributed by atoms with Crippen LogP contribution in [0.25, 0.3) is 0 Å². The maximum atomic E-state index is 11.7. The second kappa shape index (κ2) is 6.29. The number of nitrogens with one attached hydrogen (secondary N) is 1. The zero-order valence-electron chi connectivity index (χ0n) is 11.5. The zero-order chi connectivity index (χ0) is 13.8. The second-order valence-corrected chi connectivity index (χ2v) is 5.95. The molecule has 1 fully saturated rings. The fourth-order valence-electron chi connectivity index (χ4n) is 2.34. The summed E-state index contributed by atoms with van der Waals surface area (Å²) in [6.07, 6.45) is 2.41. The number of amides is 1. The Morgan fingerprint density at radius 2 is 2.00 bits per heavy atom. The normalized spacial score (nSPS) is 18.2. The van der Waals surface area contributed by atoms with Crippen molar-refractivity contribution in [3.63, 3.8) is 0 Å². The van der Waals surface area contributed by atoms with Crippen LogP contribution in [0.2, 0.25) is 0 Å². The lowest BCUT2D eigenvalue weighted by Crippen LogP contribution is -2.33. The summed E-state index contributed by atoms with van der Waals surface area (Å²) in [4.78, 5) is 14.1. The third-order valence-electron chi connectivity index (χ3n) is 3.65. The first-order valence-electron chi connectivity index (χ1n) is 6.87. The predicted molar refractivity (Wildman–Crippen MR) is 81.0 cm³/mol. The van der Waals surface area contributed by atoms with Crippen molar-refractivity contribution in [2.24, 2.45) is 5.92 Å². The molecule has 0 bridgehead atoms. The van der Waals surface area contributed by atoms with Crippen LogP contribution in [0, 0.1) is 5.92 Å². The SMILES string of the molecule is CC1CCN(c2ccccc2NC(=O)[C@H](C)Cl)CC1. The first-order chi connectivity index (χ1) is 9.08. The van der Waals surface area contributed by atoms with E-state index in [2.05, 4.69) is 23.2 Å². The van der Waals surface area contributed by atoms with E-state index < -0.39 is 5.38 Å². The van der Waals surface area contributed by atoms with Crippen molar-refractivity contribution in [2.45, 2.75) is 32.1 Å². The van der Waals surface area contributed by atoms with Crippen LogP contribution in [0.5, 0.6) is 0 Å². The van der Waals surface area contributed by atoms with Crippen LogP contribution >= 0.6 is 11.6 Å². The Hall–Kier alpha value is -1.22. The fourth-order valence-corrected chi connectivity index (χ4v) is 2.39. The van der Waals surface area contributed by atoms with Gasteiger partial charge in [0.05, 0.1) is 11.4 Å². The molecule has 1 aliphatic heterocycles. The highest BCUT2D eigenvalue weighted by atomic mass is 35.5. The van der Waals surface area contributed by atoms with Crippen molar-refractivity contribution in [3.05, 3.63) is 24.3 Å². The van der Waals surface area contributed by atoms with Crippen LogP contribution in [0.15, 0.2) is 24.3 Å². The van der Waals surface area contributed by atoms with Gasteiger partial charge in [0.1, 0.15) is 5.38 Å². The van der Waals surface area contributed by atoms with Gasteiger partial charge < -0.3 is 10.2 Å². The number of nitrogens with zero attached hydrogens (tertiary/aromatic N) is 1. The molecule has 0 radical (unpaired) electrons. The number of rotatable bonds is 3. The van der Waals surface area contributed by atoms with Crippen LogP contribution in [-0.2, 0) is 4.79 Å². The first kappa shape index (κ1) is 14.2. The Bertz CT molecular complexity index is 440. The lowest BCUT2D eigenvalue weighted by atomic mass is 9.98. The standard InChI is InChI=1S/C15H21ClN2O/c1-11-7-9-18(10-8-11)14-6-4-3-5-13(14)17-15(19)12(2)16/h3-6,11-12H,7-10H2,1-2H3,(H,17,19)/t12-/m0/s1. The van der Waals surface area contributed by atoms with E-state index >= 15 is 0 Å². The molecule has 1 N–H and O–H groups in total. The summed E-state index contributed by atoms with van der Waals surface area (Å²) in [6, 6.07) is 7.94.